The third-order valence-electron chi connectivity index (χ3n) is 4.11. The van der Waals surface area contributed by atoms with Crippen molar-refractivity contribution in [3.63, 3.8) is 0 Å². The summed E-state index contributed by atoms with van der Waals surface area (Å²) >= 11 is 6.15. The molecule has 6 heteroatoms. The topological polar surface area (TPSA) is 61.8 Å². The highest BCUT2D eigenvalue weighted by Crippen LogP contribution is 2.23. The van der Waals surface area contributed by atoms with Gasteiger partial charge in [-0.15, -0.1) is 0 Å². The van der Waals surface area contributed by atoms with E-state index in [9.17, 15) is 9.90 Å². The van der Waals surface area contributed by atoms with E-state index in [2.05, 4.69) is 5.32 Å². The van der Waals surface area contributed by atoms with Crippen LogP contribution in [0.5, 0.6) is 0 Å². The van der Waals surface area contributed by atoms with Crippen molar-refractivity contribution in [2.75, 3.05) is 32.9 Å². The Bertz CT molecular complexity index is 526. The molecule has 2 N–H and O–H groups in total. The number of amides is 1. The monoisotopic (exact) mass is 326 g/mol. The van der Waals surface area contributed by atoms with Gasteiger partial charge in [0.25, 0.3) is 0 Å². The number of nitrogens with zero attached hydrogens (tertiary/aromatic N) is 1. The molecule has 1 heterocycles. The number of nitrogens with one attached hydrogen (secondary N) is 1. The standard InChI is InChI=1S/C16H23ClN2O3/c1-12(13-5-3-4-6-14(13)17)18-15(21)9-19-7-8-22-11-16(19,2)10-20/h3-6,12,20H,7-11H2,1-2H3,(H,18,21)/t12-,16+/m1/s1. The average Bonchev–Trinajstić information content (AvgIpc) is 2.50. The minimum Gasteiger partial charge on any atom is -0.394 e. The number of aliphatic hydroxyl groups is 1. The summed E-state index contributed by atoms with van der Waals surface area (Å²) in [4.78, 5) is 14.3. The summed E-state index contributed by atoms with van der Waals surface area (Å²) < 4.78 is 5.40. The molecular weight excluding hydrogens is 304 g/mol. The van der Waals surface area contributed by atoms with Gasteiger partial charge in [0.2, 0.25) is 5.91 Å². The largest absolute Gasteiger partial charge is 0.394 e. The predicted molar refractivity (Wildman–Crippen MR) is 85.9 cm³/mol. The summed E-state index contributed by atoms with van der Waals surface area (Å²) in [5, 5.41) is 13.2. The molecule has 0 spiro atoms. The molecule has 1 aliphatic heterocycles. The lowest BCUT2D eigenvalue weighted by atomic mass is 10.0. The lowest BCUT2D eigenvalue weighted by Gasteiger charge is -2.43. The molecule has 2 atom stereocenters. The average molecular weight is 327 g/mol. The van der Waals surface area contributed by atoms with Crippen LogP contribution in [0.4, 0.5) is 0 Å². The second-order valence-corrected chi connectivity index (χ2v) is 6.35. The summed E-state index contributed by atoms with van der Waals surface area (Å²) in [7, 11) is 0. The number of carbonyl (C=O) groups excluding carboxylic acids is 1. The maximum Gasteiger partial charge on any atom is 0.234 e. The SMILES string of the molecule is C[C@@H](NC(=O)CN1CCOC[C@]1(C)CO)c1ccccc1Cl. The number of rotatable bonds is 5. The van der Waals surface area contributed by atoms with Crippen LogP contribution in [0.15, 0.2) is 24.3 Å². The van der Waals surface area contributed by atoms with E-state index in [1.54, 1.807) is 0 Å². The van der Waals surface area contributed by atoms with E-state index in [0.717, 1.165) is 5.56 Å². The van der Waals surface area contributed by atoms with Crippen LogP contribution in [-0.2, 0) is 9.53 Å². The molecule has 1 amide bonds. The first-order valence-electron chi connectivity index (χ1n) is 7.44. The van der Waals surface area contributed by atoms with Crippen LogP contribution in [0.1, 0.15) is 25.5 Å². The zero-order valence-electron chi connectivity index (χ0n) is 13.0. The Balaban J connectivity index is 1.96. The molecule has 1 aromatic carbocycles. The van der Waals surface area contributed by atoms with Gasteiger partial charge in [0.05, 0.1) is 37.9 Å². The van der Waals surface area contributed by atoms with Gasteiger partial charge in [-0.25, -0.2) is 0 Å². The van der Waals surface area contributed by atoms with Crippen LogP contribution in [0.25, 0.3) is 0 Å². The molecule has 1 saturated heterocycles. The molecular formula is C16H23ClN2O3. The van der Waals surface area contributed by atoms with Gasteiger partial charge >= 0.3 is 0 Å². The molecule has 0 bridgehead atoms. The Kier molecular flexibility index (Phi) is 5.81. The Morgan fingerprint density at radius 3 is 2.95 bits per heavy atom. The summed E-state index contributed by atoms with van der Waals surface area (Å²) in [5.41, 5.74) is 0.382. The van der Waals surface area contributed by atoms with Crippen LogP contribution in [0.3, 0.4) is 0 Å². The lowest BCUT2D eigenvalue weighted by molar-refractivity contribution is -0.130. The predicted octanol–water partition coefficient (Wildman–Crippen LogP) is 1.60. The quantitative estimate of drug-likeness (QED) is 0.863. The molecule has 2 rings (SSSR count). The minimum atomic E-state index is -0.511. The summed E-state index contributed by atoms with van der Waals surface area (Å²) in [6, 6.07) is 7.31. The fourth-order valence-electron chi connectivity index (χ4n) is 2.61. The maximum atomic E-state index is 12.3. The highest BCUT2D eigenvalue weighted by molar-refractivity contribution is 6.31. The van der Waals surface area contributed by atoms with Crippen molar-refractivity contribution >= 4 is 17.5 Å². The van der Waals surface area contributed by atoms with E-state index in [1.165, 1.54) is 0 Å². The van der Waals surface area contributed by atoms with Gasteiger partial charge in [-0.05, 0) is 25.5 Å². The fourth-order valence-corrected chi connectivity index (χ4v) is 2.91. The molecule has 1 aliphatic rings. The number of aliphatic hydroxyl groups excluding tert-OH is 1. The first-order chi connectivity index (χ1) is 10.5. The van der Waals surface area contributed by atoms with E-state index in [-0.39, 0.29) is 25.1 Å². The van der Waals surface area contributed by atoms with E-state index in [0.29, 0.717) is 24.8 Å². The number of hydrogen-bond donors (Lipinski definition) is 2. The summed E-state index contributed by atoms with van der Waals surface area (Å²) in [6.45, 7) is 5.63. The highest BCUT2D eigenvalue weighted by atomic mass is 35.5. The van der Waals surface area contributed by atoms with Crippen LogP contribution >= 0.6 is 11.6 Å². The van der Waals surface area contributed by atoms with E-state index >= 15 is 0 Å². The molecule has 22 heavy (non-hydrogen) atoms. The van der Waals surface area contributed by atoms with Gasteiger partial charge in [-0.2, -0.15) is 0 Å². The third kappa shape index (κ3) is 3.98. The molecule has 5 nitrogen and oxygen atoms in total. The van der Waals surface area contributed by atoms with Crippen LogP contribution < -0.4 is 5.32 Å². The summed E-state index contributed by atoms with van der Waals surface area (Å²) in [6.07, 6.45) is 0. The molecule has 0 aromatic heterocycles. The number of carbonyl (C=O) groups is 1. The van der Waals surface area contributed by atoms with Crippen molar-refractivity contribution in [1.29, 1.82) is 0 Å². The second-order valence-electron chi connectivity index (χ2n) is 5.94. The van der Waals surface area contributed by atoms with Gasteiger partial charge in [0.1, 0.15) is 0 Å². The Hall–Kier alpha value is -1.14. The fraction of sp³-hybridized carbons (Fsp3) is 0.562. The Morgan fingerprint density at radius 1 is 1.55 bits per heavy atom. The van der Waals surface area contributed by atoms with Gasteiger partial charge in [0.15, 0.2) is 0 Å². The van der Waals surface area contributed by atoms with Crippen LogP contribution in [-0.4, -0.2) is 54.4 Å². The molecule has 122 valence electrons. The number of benzene rings is 1. The van der Waals surface area contributed by atoms with Gasteiger partial charge in [-0.1, -0.05) is 29.8 Å². The first kappa shape index (κ1) is 17.2. The van der Waals surface area contributed by atoms with E-state index in [1.807, 2.05) is 43.0 Å². The molecule has 0 radical (unpaired) electrons. The lowest BCUT2D eigenvalue weighted by Crippen LogP contribution is -2.59. The van der Waals surface area contributed by atoms with Crippen molar-refractivity contribution in [3.8, 4) is 0 Å². The normalized spacial score (nSPS) is 24.0. The Morgan fingerprint density at radius 2 is 2.27 bits per heavy atom. The molecule has 1 fully saturated rings. The Labute approximate surface area is 136 Å². The highest BCUT2D eigenvalue weighted by Gasteiger charge is 2.35. The number of hydrogen-bond acceptors (Lipinski definition) is 4. The molecule has 0 saturated carbocycles. The van der Waals surface area contributed by atoms with Crippen LogP contribution in [0, 0.1) is 0 Å². The van der Waals surface area contributed by atoms with Crippen molar-refractivity contribution in [2.45, 2.75) is 25.4 Å². The first-order valence-corrected chi connectivity index (χ1v) is 7.81. The van der Waals surface area contributed by atoms with Crippen LogP contribution in [0.2, 0.25) is 5.02 Å². The van der Waals surface area contributed by atoms with Gasteiger partial charge < -0.3 is 15.2 Å². The third-order valence-corrected chi connectivity index (χ3v) is 4.45. The number of halogens is 1. The summed E-state index contributed by atoms with van der Waals surface area (Å²) in [5.74, 6) is -0.0889. The maximum absolute atomic E-state index is 12.3. The number of morpholine rings is 1. The van der Waals surface area contributed by atoms with Gasteiger partial charge in [-0.3, -0.25) is 9.69 Å². The van der Waals surface area contributed by atoms with Crippen molar-refractivity contribution in [2.24, 2.45) is 0 Å². The molecule has 0 aliphatic carbocycles. The van der Waals surface area contributed by atoms with E-state index in [4.69, 9.17) is 16.3 Å². The smallest absolute Gasteiger partial charge is 0.234 e. The van der Waals surface area contributed by atoms with Crippen molar-refractivity contribution in [1.82, 2.24) is 10.2 Å². The zero-order chi connectivity index (χ0) is 16.2. The van der Waals surface area contributed by atoms with Crippen molar-refractivity contribution in [3.05, 3.63) is 34.9 Å². The van der Waals surface area contributed by atoms with E-state index < -0.39 is 5.54 Å². The second kappa shape index (κ2) is 7.42. The zero-order valence-corrected chi connectivity index (χ0v) is 13.8. The minimum absolute atomic E-state index is 0.0413. The van der Waals surface area contributed by atoms with Gasteiger partial charge in [0, 0.05) is 11.6 Å². The number of ether oxygens (including phenoxy) is 1. The van der Waals surface area contributed by atoms with Crippen molar-refractivity contribution < 1.29 is 14.6 Å². The molecule has 0 unspecified atom stereocenters. The molecule has 1 aromatic rings.